The molecule has 0 saturated carbocycles. The van der Waals surface area contributed by atoms with Crippen molar-refractivity contribution < 1.29 is 0 Å². The zero-order chi connectivity index (χ0) is 31.6. The van der Waals surface area contributed by atoms with Crippen LogP contribution in [0.25, 0.3) is 88.5 Å². The lowest BCUT2D eigenvalue weighted by molar-refractivity contribution is 1.18. The van der Waals surface area contributed by atoms with Crippen LogP contribution in [0.1, 0.15) is 0 Å². The van der Waals surface area contributed by atoms with E-state index in [2.05, 4.69) is 185 Å². The van der Waals surface area contributed by atoms with E-state index in [1.807, 2.05) is 0 Å². The highest BCUT2D eigenvalue weighted by Gasteiger charge is 2.22. The number of imidazole rings is 1. The Labute approximate surface area is 277 Å². The van der Waals surface area contributed by atoms with Gasteiger partial charge in [-0.15, -0.1) is 0 Å². The molecule has 0 atom stereocenters. The number of fused-ring (bicyclic) bond motifs is 9. The number of benzene rings is 7. The van der Waals surface area contributed by atoms with Gasteiger partial charge in [0.2, 0.25) is 0 Å². The number of hydrogen-bond acceptors (Lipinski definition) is 1. The van der Waals surface area contributed by atoms with Gasteiger partial charge in [0.1, 0.15) is 5.82 Å². The summed E-state index contributed by atoms with van der Waals surface area (Å²) in [6.45, 7) is 0. The van der Waals surface area contributed by atoms with Crippen molar-refractivity contribution in [2.24, 2.45) is 0 Å². The first-order chi connectivity index (χ1) is 23.8. The molecule has 0 radical (unpaired) electrons. The van der Waals surface area contributed by atoms with Crippen LogP contribution in [0.15, 0.2) is 176 Å². The summed E-state index contributed by atoms with van der Waals surface area (Å²) >= 11 is 0. The summed E-state index contributed by atoms with van der Waals surface area (Å²) in [7, 11) is 0. The molecular formula is C45H29N3. The first kappa shape index (κ1) is 26.7. The molecular weight excluding hydrogens is 583 g/mol. The summed E-state index contributed by atoms with van der Waals surface area (Å²) in [4.78, 5) is 5.49. The van der Waals surface area contributed by atoms with Crippen LogP contribution in [-0.4, -0.2) is 14.0 Å². The van der Waals surface area contributed by atoms with Gasteiger partial charge < -0.3 is 4.57 Å². The van der Waals surface area contributed by atoms with Crippen molar-refractivity contribution in [1.29, 1.82) is 0 Å². The molecule has 3 heterocycles. The van der Waals surface area contributed by atoms with Crippen molar-refractivity contribution in [2.45, 2.75) is 0 Å². The van der Waals surface area contributed by atoms with Crippen molar-refractivity contribution in [3.05, 3.63) is 176 Å². The average Bonchev–Trinajstić information content (AvgIpc) is 3.72. The number of para-hydroxylation sites is 3. The fourth-order valence-corrected chi connectivity index (χ4v) is 7.52. The lowest BCUT2D eigenvalue weighted by Gasteiger charge is -2.13. The van der Waals surface area contributed by atoms with E-state index in [0.717, 1.165) is 39.4 Å². The van der Waals surface area contributed by atoms with Crippen LogP contribution in [0.4, 0.5) is 0 Å². The highest BCUT2D eigenvalue weighted by molar-refractivity contribution is 6.23. The Morgan fingerprint density at radius 3 is 1.60 bits per heavy atom. The molecule has 0 unspecified atom stereocenters. The third-order valence-corrected chi connectivity index (χ3v) is 9.69. The predicted octanol–water partition coefficient (Wildman–Crippen LogP) is 11.7. The molecule has 10 rings (SSSR count). The largest absolute Gasteiger partial charge is 0.309 e. The van der Waals surface area contributed by atoms with Crippen LogP contribution < -0.4 is 0 Å². The number of rotatable bonds is 4. The van der Waals surface area contributed by atoms with Crippen LogP contribution in [-0.2, 0) is 0 Å². The van der Waals surface area contributed by atoms with E-state index in [9.17, 15) is 0 Å². The minimum absolute atomic E-state index is 0.935. The highest BCUT2D eigenvalue weighted by Crippen LogP contribution is 2.42. The third kappa shape index (κ3) is 3.98. The maximum atomic E-state index is 5.49. The average molecular weight is 612 g/mol. The molecule has 3 aromatic heterocycles. The van der Waals surface area contributed by atoms with E-state index < -0.39 is 0 Å². The molecule has 224 valence electrons. The molecule has 7 aromatic carbocycles. The smallest absolute Gasteiger partial charge is 0.145 e. The number of nitrogens with zero attached hydrogens (tertiary/aromatic N) is 3. The molecule has 0 aliphatic rings. The van der Waals surface area contributed by atoms with E-state index in [-0.39, 0.29) is 0 Å². The van der Waals surface area contributed by atoms with Crippen molar-refractivity contribution in [1.82, 2.24) is 14.0 Å². The zero-order valence-corrected chi connectivity index (χ0v) is 26.1. The first-order valence-corrected chi connectivity index (χ1v) is 16.4. The van der Waals surface area contributed by atoms with Crippen molar-refractivity contribution >= 4 is 49.0 Å². The van der Waals surface area contributed by atoms with Crippen molar-refractivity contribution in [3.63, 3.8) is 0 Å². The van der Waals surface area contributed by atoms with Gasteiger partial charge in [-0.2, -0.15) is 0 Å². The first-order valence-electron chi connectivity index (χ1n) is 16.4. The Balaban J connectivity index is 1.36. The Morgan fingerprint density at radius 1 is 0.354 bits per heavy atom. The Bertz CT molecular complexity index is 2790. The predicted molar refractivity (Wildman–Crippen MR) is 201 cm³/mol. The fraction of sp³-hybridized carbons (Fsp3) is 0. The van der Waals surface area contributed by atoms with Gasteiger partial charge in [-0.25, -0.2) is 4.98 Å². The molecule has 0 aliphatic carbocycles. The maximum absolute atomic E-state index is 5.49. The highest BCUT2D eigenvalue weighted by atomic mass is 15.0. The molecule has 3 heteroatoms. The van der Waals surface area contributed by atoms with Crippen LogP contribution in [0.2, 0.25) is 0 Å². The lowest BCUT2D eigenvalue weighted by Crippen LogP contribution is -1.96. The monoisotopic (exact) mass is 611 g/mol. The van der Waals surface area contributed by atoms with Crippen LogP contribution in [0, 0.1) is 0 Å². The van der Waals surface area contributed by atoms with Crippen LogP contribution in [0.3, 0.4) is 0 Å². The topological polar surface area (TPSA) is 22.2 Å². The molecule has 0 N–H and O–H groups in total. The SMILES string of the molecule is c1ccc(-c2ccc(-c3nc(-c4ccccc4)c4c5cc6c(cc5c5ccccc5n34)c3ccccc3n6-c3ccccc3)cc2)cc1. The Kier molecular flexibility index (Phi) is 5.87. The number of hydrogen-bond donors (Lipinski definition) is 0. The minimum atomic E-state index is 0.935. The van der Waals surface area contributed by atoms with Crippen LogP contribution >= 0.6 is 0 Å². The molecule has 0 fully saturated rings. The molecule has 0 bridgehead atoms. The summed E-state index contributed by atoms with van der Waals surface area (Å²) in [6, 6.07) is 63.0. The fourth-order valence-electron chi connectivity index (χ4n) is 7.52. The molecule has 0 aliphatic heterocycles. The van der Waals surface area contributed by atoms with Gasteiger partial charge in [0, 0.05) is 38.4 Å². The normalized spacial score (nSPS) is 11.8. The van der Waals surface area contributed by atoms with E-state index in [4.69, 9.17) is 4.98 Å². The van der Waals surface area contributed by atoms with E-state index in [0.29, 0.717) is 0 Å². The van der Waals surface area contributed by atoms with Gasteiger partial charge in [0.15, 0.2) is 0 Å². The summed E-state index contributed by atoms with van der Waals surface area (Å²) in [5, 5.41) is 6.11. The van der Waals surface area contributed by atoms with Gasteiger partial charge in [0.25, 0.3) is 0 Å². The van der Waals surface area contributed by atoms with Crippen molar-refractivity contribution in [3.8, 4) is 39.5 Å². The summed E-state index contributed by atoms with van der Waals surface area (Å²) < 4.78 is 4.79. The number of aromatic nitrogens is 3. The standard InChI is InChI=1S/C45H29N3/c1-4-14-30(15-5-1)31-24-26-33(27-25-31)45-46-43(32-16-6-2-7-17-32)44-39-29-42-38(28-37(39)35-20-10-13-23-41(35)48(44)45)36-21-11-12-22-40(36)47(42)34-18-8-3-9-19-34/h1-29H. The molecule has 10 aromatic rings. The molecule has 0 saturated heterocycles. The van der Waals surface area contributed by atoms with E-state index in [1.165, 1.54) is 49.1 Å². The summed E-state index contributed by atoms with van der Waals surface area (Å²) in [5.41, 5.74) is 11.3. The second kappa shape index (κ2) is 10.5. The molecule has 3 nitrogen and oxygen atoms in total. The second-order valence-corrected chi connectivity index (χ2v) is 12.4. The van der Waals surface area contributed by atoms with E-state index in [1.54, 1.807) is 0 Å². The summed E-state index contributed by atoms with van der Waals surface area (Å²) in [6.07, 6.45) is 0. The molecule has 0 spiro atoms. The quantitative estimate of drug-likeness (QED) is 0.182. The van der Waals surface area contributed by atoms with Gasteiger partial charge >= 0.3 is 0 Å². The lowest BCUT2D eigenvalue weighted by atomic mass is 9.99. The number of pyridine rings is 1. The van der Waals surface area contributed by atoms with Crippen molar-refractivity contribution in [2.75, 3.05) is 0 Å². The Hall–Kier alpha value is -6.45. The van der Waals surface area contributed by atoms with Gasteiger partial charge in [-0.1, -0.05) is 140 Å². The van der Waals surface area contributed by atoms with E-state index >= 15 is 0 Å². The third-order valence-electron chi connectivity index (χ3n) is 9.69. The zero-order valence-electron chi connectivity index (χ0n) is 26.1. The van der Waals surface area contributed by atoms with Gasteiger partial charge in [-0.05, 0) is 52.9 Å². The molecule has 48 heavy (non-hydrogen) atoms. The molecule has 0 amide bonds. The summed E-state index contributed by atoms with van der Waals surface area (Å²) in [5.74, 6) is 0.935. The Morgan fingerprint density at radius 2 is 0.896 bits per heavy atom. The van der Waals surface area contributed by atoms with Crippen LogP contribution in [0.5, 0.6) is 0 Å². The minimum Gasteiger partial charge on any atom is -0.309 e. The maximum Gasteiger partial charge on any atom is 0.145 e. The second-order valence-electron chi connectivity index (χ2n) is 12.4. The van der Waals surface area contributed by atoms with Gasteiger partial charge in [0.05, 0.1) is 27.8 Å². The van der Waals surface area contributed by atoms with Gasteiger partial charge in [-0.3, -0.25) is 4.40 Å².